The molecule has 0 amide bonds. The molecule has 0 spiro atoms. The van der Waals surface area contributed by atoms with E-state index >= 15 is 0 Å². The molecular formula is C15H18N6O2. The standard InChI is InChI=1S/C15H18N6O2/c1-19(2)15(12-8-18-20(3)10-12)9-17-13-4-5-14(21(22)23)11(6-13)7-16/h4-6,8,10,15,17H,9H2,1-3H3/t15-/m1/s1. The van der Waals surface area contributed by atoms with Gasteiger partial charge in [0.25, 0.3) is 5.69 Å². The van der Waals surface area contributed by atoms with E-state index in [9.17, 15) is 10.1 Å². The van der Waals surface area contributed by atoms with Crippen molar-refractivity contribution in [2.75, 3.05) is 26.0 Å². The zero-order valence-electron chi connectivity index (χ0n) is 13.2. The van der Waals surface area contributed by atoms with Crippen molar-refractivity contribution in [2.45, 2.75) is 6.04 Å². The van der Waals surface area contributed by atoms with Gasteiger partial charge in [-0.2, -0.15) is 10.4 Å². The number of nitrogens with one attached hydrogen (secondary N) is 1. The van der Waals surface area contributed by atoms with Crippen molar-refractivity contribution in [2.24, 2.45) is 7.05 Å². The predicted octanol–water partition coefficient (Wildman–Crippen LogP) is 1.91. The van der Waals surface area contributed by atoms with E-state index < -0.39 is 4.92 Å². The summed E-state index contributed by atoms with van der Waals surface area (Å²) in [4.78, 5) is 12.4. The van der Waals surface area contributed by atoms with Gasteiger partial charge >= 0.3 is 0 Å². The van der Waals surface area contributed by atoms with Gasteiger partial charge in [-0.1, -0.05) is 0 Å². The zero-order valence-corrected chi connectivity index (χ0v) is 13.2. The first-order valence-corrected chi connectivity index (χ1v) is 6.99. The van der Waals surface area contributed by atoms with Crippen LogP contribution in [0.4, 0.5) is 11.4 Å². The van der Waals surface area contributed by atoms with Crippen LogP contribution in [-0.4, -0.2) is 40.2 Å². The van der Waals surface area contributed by atoms with Crippen molar-refractivity contribution in [3.05, 3.63) is 51.8 Å². The first-order chi connectivity index (χ1) is 10.9. The lowest BCUT2D eigenvalue weighted by molar-refractivity contribution is -0.385. The number of nitrogens with zero attached hydrogens (tertiary/aromatic N) is 5. The fraction of sp³-hybridized carbons (Fsp3) is 0.333. The maximum atomic E-state index is 10.9. The highest BCUT2D eigenvalue weighted by molar-refractivity contribution is 5.58. The number of benzene rings is 1. The largest absolute Gasteiger partial charge is 0.383 e. The lowest BCUT2D eigenvalue weighted by Gasteiger charge is -2.24. The van der Waals surface area contributed by atoms with Gasteiger partial charge < -0.3 is 10.2 Å². The van der Waals surface area contributed by atoms with E-state index in [4.69, 9.17) is 5.26 Å². The van der Waals surface area contributed by atoms with Crippen molar-refractivity contribution in [1.29, 1.82) is 5.26 Å². The van der Waals surface area contributed by atoms with Crippen molar-refractivity contribution in [1.82, 2.24) is 14.7 Å². The van der Waals surface area contributed by atoms with Crippen LogP contribution in [0, 0.1) is 21.4 Å². The number of nitro benzene ring substituents is 1. The number of anilines is 1. The second kappa shape index (κ2) is 6.89. The molecule has 8 nitrogen and oxygen atoms in total. The van der Waals surface area contributed by atoms with Crippen LogP contribution in [0.1, 0.15) is 17.2 Å². The highest BCUT2D eigenvalue weighted by Crippen LogP contribution is 2.23. The molecule has 1 aromatic carbocycles. The van der Waals surface area contributed by atoms with Crippen molar-refractivity contribution < 1.29 is 4.92 Å². The first-order valence-electron chi connectivity index (χ1n) is 6.99. The van der Waals surface area contributed by atoms with E-state index in [1.807, 2.05) is 39.6 Å². The van der Waals surface area contributed by atoms with E-state index in [1.165, 1.54) is 12.1 Å². The molecule has 0 fully saturated rings. The minimum atomic E-state index is -0.555. The molecule has 1 N–H and O–H groups in total. The van der Waals surface area contributed by atoms with Gasteiger partial charge in [-0.15, -0.1) is 0 Å². The lowest BCUT2D eigenvalue weighted by Crippen LogP contribution is -2.26. The van der Waals surface area contributed by atoms with E-state index in [1.54, 1.807) is 10.7 Å². The van der Waals surface area contributed by atoms with E-state index in [0.717, 1.165) is 5.56 Å². The summed E-state index contributed by atoms with van der Waals surface area (Å²) in [5.74, 6) is 0. The molecule has 1 aromatic heterocycles. The first kappa shape index (κ1) is 16.5. The molecule has 0 saturated carbocycles. The van der Waals surface area contributed by atoms with Crippen LogP contribution in [0.15, 0.2) is 30.6 Å². The number of nitriles is 1. The summed E-state index contributed by atoms with van der Waals surface area (Å²) in [6.07, 6.45) is 3.76. The summed E-state index contributed by atoms with van der Waals surface area (Å²) < 4.78 is 1.74. The predicted molar refractivity (Wildman–Crippen MR) is 85.9 cm³/mol. The van der Waals surface area contributed by atoms with Gasteiger partial charge in [-0.25, -0.2) is 0 Å². The molecule has 0 aliphatic heterocycles. The van der Waals surface area contributed by atoms with Crippen molar-refractivity contribution in [3.8, 4) is 6.07 Å². The maximum Gasteiger partial charge on any atom is 0.287 e. The third-order valence-corrected chi connectivity index (χ3v) is 3.55. The van der Waals surface area contributed by atoms with E-state index in [0.29, 0.717) is 12.2 Å². The Kier molecular flexibility index (Phi) is 4.93. The quantitative estimate of drug-likeness (QED) is 0.646. The number of likely N-dealkylation sites (N-methyl/N-ethyl adjacent to an activating group) is 1. The molecule has 0 saturated heterocycles. The molecule has 120 valence electrons. The van der Waals surface area contributed by atoms with Crippen LogP contribution in [0.2, 0.25) is 0 Å². The number of hydrogen-bond acceptors (Lipinski definition) is 6. The number of rotatable bonds is 6. The highest BCUT2D eigenvalue weighted by Gasteiger charge is 2.17. The highest BCUT2D eigenvalue weighted by atomic mass is 16.6. The third-order valence-electron chi connectivity index (χ3n) is 3.55. The monoisotopic (exact) mass is 314 g/mol. The average molecular weight is 314 g/mol. The Bertz CT molecular complexity index is 747. The summed E-state index contributed by atoms with van der Waals surface area (Å²) in [7, 11) is 5.80. The van der Waals surface area contributed by atoms with Crippen molar-refractivity contribution >= 4 is 11.4 Å². The van der Waals surface area contributed by atoms with E-state index in [-0.39, 0.29) is 17.3 Å². The second-order valence-corrected chi connectivity index (χ2v) is 5.41. The van der Waals surface area contributed by atoms with Crippen LogP contribution < -0.4 is 5.32 Å². The number of hydrogen-bond donors (Lipinski definition) is 1. The Balaban J connectivity index is 2.15. The van der Waals surface area contributed by atoms with E-state index in [2.05, 4.69) is 15.3 Å². The Labute approximate surface area is 134 Å². The molecule has 0 unspecified atom stereocenters. The summed E-state index contributed by atoms with van der Waals surface area (Å²) in [6.45, 7) is 0.585. The topological polar surface area (TPSA) is 100 Å². The van der Waals surface area contributed by atoms with Crippen molar-refractivity contribution in [3.63, 3.8) is 0 Å². The number of aryl methyl sites for hydroxylation is 1. The Morgan fingerprint density at radius 2 is 2.26 bits per heavy atom. The van der Waals surface area contributed by atoms with Crippen LogP contribution in [0.3, 0.4) is 0 Å². The lowest BCUT2D eigenvalue weighted by atomic mass is 10.1. The molecule has 0 bridgehead atoms. The van der Waals surface area contributed by atoms with Crippen LogP contribution in [0.5, 0.6) is 0 Å². The number of nitro groups is 1. The molecule has 1 atom stereocenters. The smallest absolute Gasteiger partial charge is 0.287 e. The van der Waals surface area contributed by atoms with Gasteiger partial charge in [0.2, 0.25) is 0 Å². The Morgan fingerprint density at radius 1 is 1.52 bits per heavy atom. The molecule has 8 heteroatoms. The molecular weight excluding hydrogens is 296 g/mol. The molecule has 23 heavy (non-hydrogen) atoms. The van der Waals surface area contributed by atoms with Crippen LogP contribution in [-0.2, 0) is 7.05 Å². The second-order valence-electron chi connectivity index (χ2n) is 5.41. The van der Waals surface area contributed by atoms with Gasteiger partial charge in [0, 0.05) is 37.1 Å². The summed E-state index contributed by atoms with van der Waals surface area (Å²) in [5.41, 5.74) is 1.59. The number of aromatic nitrogens is 2. The van der Waals surface area contributed by atoms with Crippen LogP contribution >= 0.6 is 0 Å². The van der Waals surface area contributed by atoms with Gasteiger partial charge in [-0.3, -0.25) is 14.8 Å². The minimum Gasteiger partial charge on any atom is -0.383 e. The molecule has 1 heterocycles. The van der Waals surface area contributed by atoms with Gasteiger partial charge in [0.15, 0.2) is 0 Å². The fourth-order valence-electron chi connectivity index (χ4n) is 2.32. The van der Waals surface area contributed by atoms with Gasteiger partial charge in [0.1, 0.15) is 11.6 Å². The average Bonchev–Trinajstić information content (AvgIpc) is 2.92. The molecule has 0 aliphatic carbocycles. The maximum absolute atomic E-state index is 10.9. The zero-order chi connectivity index (χ0) is 17.0. The molecule has 2 aromatic rings. The Hall–Kier alpha value is -2.92. The summed E-state index contributed by atoms with van der Waals surface area (Å²) in [5, 5.41) is 27.3. The van der Waals surface area contributed by atoms with Gasteiger partial charge in [-0.05, 0) is 26.2 Å². The fourth-order valence-corrected chi connectivity index (χ4v) is 2.32. The normalized spacial score (nSPS) is 12.0. The molecule has 2 rings (SSSR count). The Morgan fingerprint density at radius 3 is 2.78 bits per heavy atom. The SMILES string of the molecule is CN(C)[C@H](CNc1ccc([N+](=O)[O-])c(C#N)c1)c1cnn(C)c1. The van der Waals surface area contributed by atoms with Crippen LogP contribution in [0.25, 0.3) is 0 Å². The third kappa shape index (κ3) is 3.84. The summed E-state index contributed by atoms with van der Waals surface area (Å²) in [6, 6.07) is 6.39. The minimum absolute atomic E-state index is 0.0442. The molecule has 0 radical (unpaired) electrons. The summed E-state index contributed by atoms with van der Waals surface area (Å²) >= 11 is 0. The van der Waals surface area contributed by atoms with Gasteiger partial charge in [0.05, 0.1) is 17.2 Å². The molecule has 0 aliphatic rings.